The van der Waals surface area contributed by atoms with Gasteiger partial charge in [-0.3, -0.25) is 45.5 Å². The molecule has 39 nitrogen and oxygen atoms in total. The Hall–Kier alpha value is -6.72. The monoisotopic (exact) mass is 1890 g/mol. The average molecular weight is 1890 g/mol. The van der Waals surface area contributed by atoms with E-state index in [1.807, 2.05) is 20.8 Å². The van der Waals surface area contributed by atoms with E-state index in [9.17, 15) is 115 Å². The highest BCUT2D eigenvalue weighted by molar-refractivity contribution is 7.87. The van der Waals surface area contributed by atoms with Crippen LogP contribution < -0.4 is 16.0 Å². The zero-order valence-corrected chi connectivity index (χ0v) is 75.1. The third-order valence-electron chi connectivity index (χ3n) is 13.7. The first-order chi connectivity index (χ1) is 53.5. The van der Waals surface area contributed by atoms with Crippen LogP contribution in [0.5, 0.6) is 0 Å². The van der Waals surface area contributed by atoms with Crippen LogP contribution in [0, 0.1) is 0 Å². The molecule has 0 aliphatic rings. The molecule has 0 radical (unpaired) electrons. The molecule has 0 aliphatic carbocycles. The van der Waals surface area contributed by atoms with Crippen LogP contribution in [-0.2, 0) is 121 Å². The number of hydrogen-bond donors (Lipinski definition) is 19. The summed E-state index contributed by atoms with van der Waals surface area (Å²) in [7, 11) is -36.7. The Morgan fingerprint density at radius 1 is 0.227 bits per heavy atom. The van der Waals surface area contributed by atoms with Crippen LogP contribution in [0.3, 0.4) is 0 Å². The van der Waals surface area contributed by atoms with Crippen molar-refractivity contribution in [3.63, 3.8) is 0 Å². The van der Waals surface area contributed by atoms with E-state index in [-0.39, 0.29) is 39.6 Å². The van der Waals surface area contributed by atoms with Crippen LogP contribution in [0.2, 0.25) is 0 Å². The molecule has 0 aliphatic heterocycles. The minimum absolute atomic E-state index is 0.000919. The van der Waals surface area contributed by atoms with Gasteiger partial charge in [0.05, 0.1) is 82.4 Å². The van der Waals surface area contributed by atoms with Gasteiger partial charge in [-0.25, -0.2) is 0 Å². The Kier molecular flexibility index (Phi) is 53.8. The van der Waals surface area contributed by atoms with Crippen molar-refractivity contribution in [2.24, 2.45) is 0 Å². The van der Waals surface area contributed by atoms with Gasteiger partial charge in [0.2, 0.25) is 0 Å². The lowest BCUT2D eigenvalue weighted by Crippen LogP contribution is -2.46. The van der Waals surface area contributed by atoms with E-state index in [1.54, 1.807) is 0 Å². The van der Waals surface area contributed by atoms with Gasteiger partial charge in [0.1, 0.15) is 0 Å². The van der Waals surface area contributed by atoms with Gasteiger partial charge in [-0.05, 0) is 140 Å². The molecule has 3 atom stereocenters. The molecule has 0 heterocycles. The number of aliphatic hydroxyl groups is 6. The van der Waals surface area contributed by atoms with E-state index >= 15 is 0 Å². The second kappa shape index (κ2) is 54.0. The van der Waals surface area contributed by atoms with Gasteiger partial charge in [-0.15, -0.1) is 0 Å². The van der Waals surface area contributed by atoms with E-state index in [4.69, 9.17) is 45.5 Å². The van der Waals surface area contributed by atoms with Crippen molar-refractivity contribution in [2.75, 3.05) is 102 Å². The van der Waals surface area contributed by atoms with Gasteiger partial charge >= 0.3 is 0 Å². The van der Waals surface area contributed by atoms with E-state index in [0.717, 1.165) is 0 Å². The van der Waals surface area contributed by atoms with Gasteiger partial charge in [-0.2, -0.15) is 84.2 Å². The second-order valence-electron chi connectivity index (χ2n) is 26.4. The molecule has 19 N–H and O–H groups in total. The summed E-state index contributed by atoms with van der Waals surface area (Å²) in [5.41, 5.74) is 2.20. The van der Waals surface area contributed by atoms with Crippen LogP contribution in [0.1, 0.15) is 56.7 Å². The quantitative estimate of drug-likeness (QED) is 0.0409. The van der Waals surface area contributed by atoms with E-state index in [1.165, 1.54) is 81.3 Å². The molecule has 3 unspecified atom stereocenters. The van der Waals surface area contributed by atoms with Gasteiger partial charge in [0.15, 0.2) is 0 Å². The lowest BCUT2D eigenvalue weighted by molar-refractivity contribution is 0.137. The molecule has 0 saturated heterocycles. The number of aliphatic hydroxyl groups excluding tert-OH is 6. The fourth-order valence-corrected chi connectivity index (χ4v) is 9.17. The summed E-state index contributed by atoms with van der Waals surface area (Å²) in [6.07, 6.45) is 8.72. The minimum atomic E-state index is -3.67. The fraction of sp³-hybridized carbons (Fsp3) is 0.400. The summed E-state index contributed by atoms with van der Waals surface area (Å²) in [6, 6.07) is 57.1. The van der Waals surface area contributed by atoms with Crippen molar-refractivity contribution in [3.8, 4) is 0 Å². The van der Waals surface area contributed by atoms with E-state index in [0.29, 0.717) is 101 Å². The molecule has 9 rings (SSSR count). The molecule has 0 spiro atoms. The Balaban J connectivity index is -0.000000651. The van der Waals surface area contributed by atoms with E-state index < -0.39 is 118 Å². The fourth-order valence-electron chi connectivity index (χ4n) is 9.17. The molecule has 680 valence electrons. The summed E-state index contributed by atoms with van der Waals surface area (Å²) in [5.74, 6) is 0. The van der Waals surface area contributed by atoms with Crippen LogP contribution in [0.25, 0.3) is 64.6 Å². The highest BCUT2D eigenvalue weighted by Gasteiger charge is 2.25. The summed E-state index contributed by atoms with van der Waals surface area (Å²) < 4.78 is 259. The molecule has 49 heteroatoms. The van der Waals surface area contributed by atoms with Gasteiger partial charge in [0, 0.05) is 56.1 Å². The SMILES string of the molecule is CC(CO)(CCO)NCc1cc2ccccc2c2ccccc12.CC(CO)(CCO)NCc1cc2ccccc2c2ccccc12.CC(CO)(CCO)NCc1cc2ccccc2c2ccccc12.CS(=O)(=O)O.CS(=O)(=O)O.CS(=O)(=O)O.CS(=O)(=O)O.CS(=O)(=O)O.CS(=O)(=O)O.CS(=O)(=O)O.CS(=O)(=O)O.CS(=O)(=O)O.CS(=O)(=O)O. The first-order valence-corrected chi connectivity index (χ1v) is 51.8. The van der Waals surface area contributed by atoms with Crippen molar-refractivity contribution in [1.29, 1.82) is 0 Å². The van der Waals surface area contributed by atoms with Crippen molar-refractivity contribution < 1.29 is 160 Å². The van der Waals surface area contributed by atoms with Gasteiger partial charge in [-0.1, -0.05) is 146 Å². The Morgan fingerprint density at radius 2 is 0.353 bits per heavy atom. The smallest absolute Gasteiger partial charge is 0.261 e. The predicted molar refractivity (Wildman–Crippen MR) is 461 cm³/mol. The van der Waals surface area contributed by atoms with Crippen molar-refractivity contribution in [3.05, 3.63) is 180 Å². The molecule has 9 aromatic carbocycles. The molecule has 0 aromatic heterocycles. The standard InChI is InChI=1S/3C20H23NO2.10CH4O3S/c3*1-20(14-23,10-11-22)21-13-16-12-15-6-2-3-7-17(15)19-9-5-4-8-18(16)19;10*1-5(2,3)4/h3*2-9,12,21-23H,10-11,13-14H2,1H3;10*1H3,(H,2,3,4). The molecular weight excluding hydrogens is 1780 g/mol. The molecule has 0 bridgehead atoms. The summed E-state index contributed by atoms with van der Waals surface area (Å²) in [6.45, 7) is 7.95. The Bertz CT molecular complexity index is 4930. The lowest BCUT2D eigenvalue weighted by atomic mass is 9.95. The summed E-state index contributed by atoms with van der Waals surface area (Å²) in [5, 5.41) is 81.5. The number of benzene rings is 9. The topological polar surface area (TPSA) is 701 Å². The van der Waals surface area contributed by atoms with Gasteiger partial charge in [0.25, 0.3) is 101 Å². The number of rotatable bonds is 18. The third kappa shape index (κ3) is 73.7. The number of fused-ring (bicyclic) bond motifs is 9. The van der Waals surface area contributed by atoms with Gasteiger partial charge < -0.3 is 46.6 Å². The van der Waals surface area contributed by atoms with Crippen LogP contribution in [0.15, 0.2) is 164 Å². The maximum Gasteiger partial charge on any atom is 0.261 e. The maximum absolute atomic E-state index is 9.61. The molecule has 119 heavy (non-hydrogen) atoms. The molecular formula is C70H109N3O36S10. The third-order valence-corrected chi connectivity index (χ3v) is 13.7. The highest BCUT2D eigenvalue weighted by Crippen LogP contribution is 2.32. The molecule has 0 amide bonds. The molecule has 9 aromatic rings. The lowest BCUT2D eigenvalue weighted by Gasteiger charge is -2.28. The molecule has 0 fully saturated rings. The van der Waals surface area contributed by atoms with Crippen LogP contribution in [-0.4, -0.2) is 279 Å². The largest absolute Gasteiger partial charge is 0.396 e. The first-order valence-electron chi connectivity index (χ1n) is 33.3. The minimum Gasteiger partial charge on any atom is -0.396 e. The maximum atomic E-state index is 9.61. The summed E-state index contributed by atoms with van der Waals surface area (Å²) >= 11 is 0. The highest BCUT2D eigenvalue weighted by atomic mass is 32.3. The van der Waals surface area contributed by atoms with Crippen molar-refractivity contribution in [1.82, 2.24) is 16.0 Å². The van der Waals surface area contributed by atoms with Crippen LogP contribution in [0.4, 0.5) is 0 Å². The predicted octanol–water partition coefficient (Wildman–Crippen LogP) is 4.69. The number of nitrogens with one attached hydrogen (secondary N) is 3. The van der Waals surface area contributed by atoms with Crippen molar-refractivity contribution >= 4 is 166 Å². The van der Waals surface area contributed by atoms with E-state index in [2.05, 4.69) is 180 Å². The first kappa shape index (κ1) is 119. The average Bonchev–Trinajstić information content (AvgIpc) is 0.788. The summed E-state index contributed by atoms with van der Waals surface area (Å²) in [4.78, 5) is 0. The molecule has 0 saturated carbocycles. The Labute approximate surface area is 696 Å². The zero-order valence-electron chi connectivity index (χ0n) is 67.0. The van der Waals surface area contributed by atoms with Crippen LogP contribution >= 0.6 is 0 Å². The second-order valence-corrected chi connectivity index (χ2v) is 41.0. The zero-order chi connectivity index (χ0) is 93.9. The Morgan fingerprint density at radius 3 is 0.487 bits per heavy atom. The normalized spacial score (nSPS) is 13.1. The number of hydrogen-bond acceptors (Lipinski definition) is 29. The van der Waals surface area contributed by atoms with Crippen molar-refractivity contribution in [2.45, 2.75) is 76.3 Å².